The molecule has 0 aliphatic carbocycles. The number of isocyanates is 1. The lowest BCUT2D eigenvalue weighted by Crippen LogP contribution is -2.35. The summed E-state index contributed by atoms with van der Waals surface area (Å²) in [6.07, 6.45) is 7.35. The lowest BCUT2D eigenvalue weighted by molar-refractivity contribution is 0.346. The Balaban J connectivity index is 0.000000192. The van der Waals surface area contributed by atoms with E-state index in [1.54, 1.807) is 28.6 Å². The molecule has 34 heavy (non-hydrogen) atoms. The van der Waals surface area contributed by atoms with E-state index >= 15 is 0 Å². The third-order valence-corrected chi connectivity index (χ3v) is 9.62. The van der Waals surface area contributed by atoms with Gasteiger partial charge in [0.05, 0.1) is 15.5 Å². The lowest BCUT2D eigenvalue weighted by atomic mass is 10.2. The van der Waals surface area contributed by atoms with Gasteiger partial charge in [0.25, 0.3) is 0 Å². The largest absolute Gasteiger partial charge is 0.399 e. The molecule has 2 fully saturated rings. The fourth-order valence-electron chi connectivity index (χ4n) is 3.89. The quantitative estimate of drug-likeness (QED) is 0.376. The van der Waals surface area contributed by atoms with Crippen LogP contribution in [0.4, 0.5) is 11.4 Å². The molecule has 0 radical (unpaired) electrons. The molecule has 11 heteroatoms. The predicted octanol–water partition coefficient (Wildman–Crippen LogP) is 3.27. The van der Waals surface area contributed by atoms with Gasteiger partial charge in [0.2, 0.25) is 26.1 Å². The Hall–Kier alpha value is -2.56. The minimum absolute atomic E-state index is 0.245. The van der Waals surface area contributed by atoms with Crippen LogP contribution in [0, 0.1) is 0 Å². The second-order valence-corrected chi connectivity index (χ2v) is 12.1. The number of anilines is 1. The normalized spacial score (nSPS) is 17.8. The Morgan fingerprint density at radius 1 is 0.647 bits per heavy atom. The molecule has 0 saturated carbocycles. The average molecular weight is 507 g/mol. The first-order valence-electron chi connectivity index (χ1n) is 11.3. The Morgan fingerprint density at radius 3 is 1.41 bits per heavy atom. The number of carbonyl (C=O) groups excluding carboxylic acids is 1. The third-order valence-electron chi connectivity index (χ3n) is 5.80. The van der Waals surface area contributed by atoms with Gasteiger partial charge < -0.3 is 5.73 Å². The number of piperidine rings is 2. The summed E-state index contributed by atoms with van der Waals surface area (Å²) in [7, 11) is -6.70. The number of aliphatic imine (C=N–C) groups is 1. The van der Waals surface area contributed by atoms with Crippen LogP contribution in [-0.4, -0.2) is 57.7 Å². The van der Waals surface area contributed by atoms with Crippen LogP contribution >= 0.6 is 0 Å². The van der Waals surface area contributed by atoms with Gasteiger partial charge in [0.15, 0.2) is 0 Å². The summed E-state index contributed by atoms with van der Waals surface area (Å²) in [5, 5.41) is 0. The molecule has 2 aliphatic rings. The number of hydrogen-bond donors (Lipinski definition) is 1. The molecule has 2 aromatic rings. The van der Waals surface area contributed by atoms with Crippen LogP contribution in [-0.2, 0) is 24.8 Å². The Labute approximate surface area is 201 Å². The molecule has 2 saturated heterocycles. The zero-order valence-corrected chi connectivity index (χ0v) is 20.6. The first kappa shape index (κ1) is 26.1. The Kier molecular flexibility index (Phi) is 8.98. The van der Waals surface area contributed by atoms with Crippen LogP contribution in [0.5, 0.6) is 0 Å². The standard InChI is InChI=1S/C12H14N2O3S.C11H16N2O2S/c15-10-13-11-4-6-12(7-5-11)18(16,17)14-8-2-1-3-9-14;12-10-4-6-11(7-5-10)16(14,15)13-8-2-1-3-9-13/h4-7H,1-3,8-9H2;4-7H,1-3,8-9,12H2. The van der Waals surface area contributed by atoms with E-state index in [9.17, 15) is 21.6 Å². The summed E-state index contributed by atoms with van der Waals surface area (Å²) in [6.45, 7) is 2.42. The number of benzene rings is 2. The summed E-state index contributed by atoms with van der Waals surface area (Å²) in [6, 6.07) is 12.3. The maximum atomic E-state index is 12.3. The summed E-state index contributed by atoms with van der Waals surface area (Å²) in [5.74, 6) is 0. The van der Waals surface area contributed by atoms with E-state index in [1.807, 2.05) is 0 Å². The molecule has 184 valence electrons. The molecule has 0 amide bonds. The SMILES string of the molecule is Nc1ccc(S(=O)(=O)N2CCCCC2)cc1.O=C=Nc1ccc(S(=O)(=O)N2CCCCC2)cc1. The highest BCUT2D eigenvalue weighted by molar-refractivity contribution is 7.89. The number of hydrogen-bond acceptors (Lipinski definition) is 7. The van der Waals surface area contributed by atoms with Crippen LogP contribution in [0.15, 0.2) is 63.3 Å². The van der Waals surface area contributed by atoms with Gasteiger partial charge in [-0.3, -0.25) is 0 Å². The van der Waals surface area contributed by atoms with E-state index in [2.05, 4.69) is 4.99 Å². The first-order chi connectivity index (χ1) is 16.2. The van der Waals surface area contributed by atoms with E-state index in [4.69, 9.17) is 5.73 Å². The maximum absolute atomic E-state index is 12.3. The van der Waals surface area contributed by atoms with Crippen molar-refractivity contribution in [2.75, 3.05) is 31.9 Å². The molecular formula is C23H30N4O5S2. The number of nitrogens with two attached hydrogens (primary N) is 1. The molecular weight excluding hydrogens is 476 g/mol. The second kappa shape index (κ2) is 11.7. The molecule has 0 unspecified atom stereocenters. The molecule has 2 aliphatic heterocycles. The van der Waals surface area contributed by atoms with Crippen LogP contribution in [0.25, 0.3) is 0 Å². The van der Waals surface area contributed by atoms with Crippen molar-refractivity contribution in [2.45, 2.75) is 48.3 Å². The fraction of sp³-hybridized carbons (Fsp3) is 0.435. The van der Waals surface area contributed by atoms with Gasteiger partial charge >= 0.3 is 0 Å². The van der Waals surface area contributed by atoms with E-state index in [-0.39, 0.29) is 4.90 Å². The summed E-state index contributed by atoms with van der Waals surface area (Å²) < 4.78 is 52.0. The minimum atomic E-state index is -3.40. The highest BCUT2D eigenvalue weighted by Gasteiger charge is 2.26. The molecule has 2 N–H and O–H groups in total. The van der Waals surface area contributed by atoms with Crippen molar-refractivity contribution in [1.29, 1.82) is 0 Å². The molecule has 0 aromatic heterocycles. The van der Waals surface area contributed by atoms with Crippen LogP contribution < -0.4 is 5.73 Å². The van der Waals surface area contributed by atoms with E-state index in [1.165, 1.54) is 34.7 Å². The van der Waals surface area contributed by atoms with Gasteiger partial charge in [0, 0.05) is 31.9 Å². The van der Waals surface area contributed by atoms with Crippen molar-refractivity contribution in [3.05, 3.63) is 48.5 Å². The third kappa shape index (κ3) is 6.52. The minimum Gasteiger partial charge on any atom is -0.399 e. The molecule has 4 rings (SSSR count). The van der Waals surface area contributed by atoms with E-state index < -0.39 is 20.0 Å². The number of nitrogens with zero attached hydrogens (tertiary/aromatic N) is 3. The summed E-state index contributed by atoms with van der Waals surface area (Å²) in [4.78, 5) is 14.1. The van der Waals surface area contributed by atoms with Crippen molar-refractivity contribution in [3.8, 4) is 0 Å². The molecule has 9 nitrogen and oxygen atoms in total. The smallest absolute Gasteiger partial charge is 0.243 e. The summed E-state index contributed by atoms with van der Waals surface area (Å²) >= 11 is 0. The fourth-order valence-corrected chi connectivity index (χ4v) is 6.93. The number of rotatable bonds is 5. The van der Waals surface area contributed by atoms with Gasteiger partial charge in [-0.1, -0.05) is 12.8 Å². The monoisotopic (exact) mass is 506 g/mol. The molecule has 0 atom stereocenters. The molecule has 0 bridgehead atoms. The molecule has 2 aromatic carbocycles. The van der Waals surface area contributed by atoms with Crippen molar-refractivity contribution < 1.29 is 21.6 Å². The van der Waals surface area contributed by atoms with Crippen LogP contribution in [0.1, 0.15) is 38.5 Å². The number of sulfonamides is 2. The molecule has 0 spiro atoms. The van der Waals surface area contributed by atoms with Crippen LogP contribution in [0.2, 0.25) is 0 Å². The van der Waals surface area contributed by atoms with Gasteiger partial charge in [-0.15, -0.1) is 0 Å². The second-order valence-electron chi connectivity index (χ2n) is 8.20. The highest BCUT2D eigenvalue weighted by Crippen LogP contribution is 2.23. The molecule has 2 heterocycles. The summed E-state index contributed by atoms with van der Waals surface area (Å²) in [5.41, 5.74) is 6.53. The van der Waals surface area contributed by atoms with Crippen molar-refractivity contribution in [2.24, 2.45) is 4.99 Å². The zero-order valence-electron chi connectivity index (χ0n) is 19.0. The predicted molar refractivity (Wildman–Crippen MR) is 130 cm³/mol. The lowest BCUT2D eigenvalue weighted by Gasteiger charge is -2.25. The highest BCUT2D eigenvalue weighted by atomic mass is 32.2. The van der Waals surface area contributed by atoms with Crippen molar-refractivity contribution in [1.82, 2.24) is 8.61 Å². The topological polar surface area (TPSA) is 130 Å². The maximum Gasteiger partial charge on any atom is 0.243 e. The average Bonchev–Trinajstić information content (AvgIpc) is 2.86. The van der Waals surface area contributed by atoms with Gasteiger partial charge in [0.1, 0.15) is 0 Å². The van der Waals surface area contributed by atoms with Gasteiger partial charge in [-0.2, -0.15) is 13.6 Å². The van der Waals surface area contributed by atoms with Crippen molar-refractivity contribution >= 4 is 37.5 Å². The van der Waals surface area contributed by atoms with Crippen molar-refractivity contribution in [3.63, 3.8) is 0 Å². The zero-order chi connectivity index (χ0) is 24.6. The number of nitrogen functional groups attached to an aromatic ring is 1. The van der Waals surface area contributed by atoms with E-state index in [0.717, 1.165) is 38.5 Å². The van der Waals surface area contributed by atoms with E-state index in [0.29, 0.717) is 42.4 Å². The van der Waals surface area contributed by atoms with Crippen LogP contribution in [0.3, 0.4) is 0 Å². The van der Waals surface area contributed by atoms with Gasteiger partial charge in [-0.05, 0) is 74.2 Å². The first-order valence-corrected chi connectivity index (χ1v) is 14.2. The Bertz CT molecular complexity index is 1200. The van der Waals surface area contributed by atoms with Gasteiger partial charge in [-0.25, -0.2) is 21.6 Å². The Morgan fingerprint density at radius 2 is 1.03 bits per heavy atom.